The number of hydrogen-bond acceptors (Lipinski definition) is 1. The lowest BCUT2D eigenvalue weighted by Gasteiger charge is -2.29. The van der Waals surface area contributed by atoms with E-state index in [4.69, 9.17) is 0 Å². The first-order chi connectivity index (χ1) is 6.29. The van der Waals surface area contributed by atoms with Gasteiger partial charge in [0.2, 0.25) is 0 Å². The van der Waals surface area contributed by atoms with Crippen LogP contribution in [-0.2, 0) is 0 Å². The molecule has 0 saturated heterocycles. The van der Waals surface area contributed by atoms with Gasteiger partial charge >= 0.3 is 0 Å². The first-order valence-electron chi connectivity index (χ1n) is 6.05. The summed E-state index contributed by atoms with van der Waals surface area (Å²) in [6, 6.07) is 1.73. The molecule has 0 aliphatic heterocycles. The summed E-state index contributed by atoms with van der Waals surface area (Å²) in [7, 11) is 0. The highest BCUT2D eigenvalue weighted by Gasteiger charge is 2.34. The minimum atomic E-state index is 0.855. The standard InChI is InChI=1S/C12H23N/c1-3-10-5-4-6-11(8-10)13-12-7-9(12)2/h9-13H,3-8H2,1-2H3. The van der Waals surface area contributed by atoms with Crippen LogP contribution in [0.4, 0.5) is 0 Å². The van der Waals surface area contributed by atoms with E-state index in [1.165, 1.54) is 38.5 Å². The summed E-state index contributed by atoms with van der Waals surface area (Å²) in [6.45, 7) is 4.70. The van der Waals surface area contributed by atoms with Gasteiger partial charge in [-0.1, -0.05) is 33.1 Å². The lowest BCUT2D eigenvalue weighted by atomic mass is 9.84. The number of nitrogens with one attached hydrogen (secondary N) is 1. The molecule has 4 unspecified atom stereocenters. The zero-order valence-corrected chi connectivity index (χ0v) is 9.05. The van der Waals surface area contributed by atoms with Gasteiger partial charge in [-0.3, -0.25) is 0 Å². The molecule has 0 spiro atoms. The van der Waals surface area contributed by atoms with E-state index >= 15 is 0 Å². The van der Waals surface area contributed by atoms with Gasteiger partial charge in [0, 0.05) is 12.1 Å². The van der Waals surface area contributed by atoms with Crippen molar-refractivity contribution in [1.82, 2.24) is 5.32 Å². The predicted molar refractivity (Wildman–Crippen MR) is 56.7 cm³/mol. The Bertz CT molecular complexity index is 165. The second-order valence-electron chi connectivity index (χ2n) is 5.12. The molecule has 0 aromatic rings. The van der Waals surface area contributed by atoms with E-state index in [1.807, 2.05) is 0 Å². The van der Waals surface area contributed by atoms with Crippen LogP contribution in [0.1, 0.15) is 52.4 Å². The zero-order valence-electron chi connectivity index (χ0n) is 9.05. The van der Waals surface area contributed by atoms with E-state index < -0.39 is 0 Å². The van der Waals surface area contributed by atoms with Crippen molar-refractivity contribution in [2.45, 2.75) is 64.5 Å². The Kier molecular flexibility index (Phi) is 2.92. The molecule has 1 N–H and O–H groups in total. The minimum absolute atomic E-state index is 0.855. The summed E-state index contributed by atoms with van der Waals surface area (Å²) in [5.41, 5.74) is 0. The SMILES string of the molecule is CCC1CCCC(NC2CC2C)C1. The Morgan fingerprint density at radius 3 is 2.62 bits per heavy atom. The van der Waals surface area contributed by atoms with E-state index in [0.29, 0.717) is 0 Å². The van der Waals surface area contributed by atoms with Crippen molar-refractivity contribution in [1.29, 1.82) is 0 Å². The third kappa shape index (κ3) is 2.46. The number of rotatable bonds is 3. The van der Waals surface area contributed by atoms with Crippen molar-refractivity contribution in [2.24, 2.45) is 11.8 Å². The van der Waals surface area contributed by atoms with Crippen molar-refractivity contribution in [3.63, 3.8) is 0 Å². The molecule has 0 heterocycles. The molecule has 2 saturated carbocycles. The van der Waals surface area contributed by atoms with Crippen LogP contribution in [0.25, 0.3) is 0 Å². The summed E-state index contributed by atoms with van der Waals surface area (Å²) in [5.74, 6) is 1.97. The summed E-state index contributed by atoms with van der Waals surface area (Å²) in [5, 5.41) is 3.81. The lowest BCUT2D eigenvalue weighted by Crippen LogP contribution is -2.36. The Balaban J connectivity index is 1.72. The van der Waals surface area contributed by atoms with Crippen molar-refractivity contribution >= 4 is 0 Å². The van der Waals surface area contributed by atoms with E-state index in [1.54, 1.807) is 0 Å². The summed E-state index contributed by atoms with van der Waals surface area (Å²) in [6.07, 6.45) is 8.62. The van der Waals surface area contributed by atoms with Crippen LogP contribution in [0, 0.1) is 11.8 Å². The molecular formula is C12H23N. The van der Waals surface area contributed by atoms with Crippen molar-refractivity contribution < 1.29 is 0 Å². The molecule has 4 atom stereocenters. The fourth-order valence-electron chi connectivity index (χ4n) is 2.67. The highest BCUT2D eigenvalue weighted by atomic mass is 15.0. The average molecular weight is 181 g/mol. The molecule has 0 aromatic heterocycles. The Morgan fingerprint density at radius 1 is 1.23 bits per heavy atom. The Hall–Kier alpha value is -0.0400. The lowest BCUT2D eigenvalue weighted by molar-refractivity contribution is 0.276. The maximum absolute atomic E-state index is 3.81. The fourth-order valence-corrected chi connectivity index (χ4v) is 2.67. The van der Waals surface area contributed by atoms with Gasteiger partial charge in [-0.15, -0.1) is 0 Å². The third-order valence-electron chi connectivity index (χ3n) is 3.92. The van der Waals surface area contributed by atoms with E-state index in [2.05, 4.69) is 19.2 Å². The highest BCUT2D eigenvalue weighted by Crippen LogP contribution is 2.33. The molecule has 2 aliphatic carbocycles. The molecule has 0 amide bonds. The molecule has 2 rings (SSSR count). The zero-order chi connectivity index (χ0) is 9.26. The van der Waals surface area contributed by atoms with E-state index in [0.717, 1.165) is 23.9 Å². The van der Waals surface area contributed by atoms with Gasteiger partial charge in [0.25, 0.3) is 0 Å². The van der Waals surface area contributed by atoms with Crippen molar-refractivity contribution in [3.05, 3.63) is 0 Å². The van der Waals surface area contributed by atoms with Crippen LogP contribution in [0.2, 0.25) is 0 Å². The van der Waals surface area contributed by atoms with Gasteiger partial charge in [-0.2, -0.15) is 0 Å². The smallest absolute Gasteiger partial charge is 0.00989 e. The molecule has 0 bridgehead atoms. The molecule has 13 heavy (non-hydrogen) atoms. The van der Waals surface area contributed by atoms with Gasteiger partial charge in [-0.05, 0) is 31.1 Å². The van der Waals surface area contributed by atoms with Crippen LogP contribution >= 0.6 is 0 Å². The highest BCUT2D eigenvalue weighted by molar-refractivity contribution is 4.93. The molecule has 2 aliphatic rings. The molecule has 2 fully saturated rings. The summed E-state index contributed by atoms with van der Waals surface area (Å²) in [4.78, 5) is 0. The topological polar surface area (TPSA) is 12.0 Å². The third-order valence-corrected chi connectivity index (χ3v) is 3.92. The summed E-state index contributed by atoms with van der Waals surface area (Å²) < 4.78 is 0. The van der Waals surface area contributed by atoms with E-state index in [-0.39, 0.29) is 0 Å². The minimum Gasteiger partial charge on any atom is -0.311 e. The summed E-state index contributed by atoms with van der Waals surface area (Å²) >= 11 is 0. The predicted octanol–water partition coefficient (Wildman–Crippen LogP) is 2.95. The normalized spacial score (nSPS) is 44.8. The van der Waals surface area contributed by atoms with Gasteiger partial charge in [0.1, 0.15) is 0 Å². The molecule has 0 aromatic carbocycles. The number of hydrogen-bond donors (Lipinski definition) is 1. The molecular weight excluding hydrogens is 158 g/mol. The molecule has 0 radical (unpaired) electrons. The van der Waals surface area contributed by atoms with Crippen LogP contribution in [0.15, 0.2) is 0 Å². The van der Waals surface area contributed by atoms with Crippen molar-refractivity contribution in [2.75, 3.05) is 0 Å². The maximum atomic E-state index is 3.81. The average Bonchev–Trinajstić information content (AvgIpc) is 2.82. The molecule has 1 heteroatoms. The maximum Gasteiger partial charge on any atom is 0.00989 e. The first kappa shape index (κ1) is 9.51. The second-order valence-corrected chi connectivity index (χ2v) is 5.12. The van der Waals surface area contributed by atoms with Crippen LogP contribution < -0.4 is 5.32 Å². The van der Waals surface area contributed by atoms with Crippen LogP contribution in [0.3, 0.4) is 0 Å². The molecule has 76 valence electrons. The largest absolute Gasteiger partial charge is 0.311 e. The monoisotopic (exact) mass is 181 g/mol. The van der Waals surface area contributed by atoms with Gasteiger partial charge in [0.05, 0.1) is 0 Å². The quantitative estimate of drug-likeness (QED) is 0.706. The van der Waals surface area contributed by atoms with Crippen LogP contribution in [0.5, 0.6) is 0 Å². The molecule has 1 nitrogen and oxygen atoms in total. The van der Waals surface area contributed by atoms with Gasteiger partial charge in [0.15, 0.2) is 0 Å². The first-order valence-corrected chi connectivity index (χ1v) is 6.05. The van der Waals surface area contributed by atoms with Gasteiger partial charge < -0.3 is 5.32 Å². The Morgan fingerprint density at radius 2 is 2.00 bits per heavy atom. The van der Waals surface area contributed by atoms with E-state index in [9.17, 15) is 0 Å². The fraction of sp³-hybridized carbons (Fsp3) is 1.00. The van der Waals surface area contributed by atoms with Crippen LogP contribution in [-0.4, -0.2) is 12.1 Å². The van der Waals surface area contributed by atoms with Gasteiger partial charge in [-0.25, -0.2) is 0 Å². The second kappa shape index (κ2) is 4.00. The van der Waals surface area contributed by atoms with Crippen molar-refractivity contribution in [3.8, 4) is 0 Å². The Labute approximate surface area is 82.3 Å².